The van der Waals surface area contributed by atoms with E-state index in [1.807, 2.05) is 19.1 Å². The van der Waals surface area contributed by atoms with E-state index in [1.165, 1.54) is 16.4 Å². The Hall–Kier alpha value is -1.74. The maximum Gasteiger partial charge on any atom is 0.243 e. The Kier molecular flexibility index (Phi) is 4.72. The lowest BCUT2D eigenvalue weighted by Gasteiger charge is -2.29. The minimum atomic E-state index is -3.83. The van der Waals surface area contributed by atoms with Gasteiger partial charge in [-0.2, -0.15) is 4.31 Å². The highest BCUT2D eigenvalue weighted by atomic mass is 32.2. The van der Waals surface area contributed by atoms with Crippen LogP contribution in [0.3, 0.4) is 0 Å². The molecule has 0 aromatic heterocycles. The highest BCUT2D eigenvalue weighted by Crippen LogP contribution is 2.30. The fourth-order valence-corrected chi connectivity index (χ4v) is 5.99. The summed E-state index contributed by atoms with van der Waals surface area (Å²) in [5.41, 5.74) is 4.06. The Labute approximate surface area is 154 Å². The van der Waals surface area contributed by atoms with Crippen molar-refractivity contribution in [2.24, 2.45) is 5.14 Å². The van der Waals surface area contributed by atoms with Gasteiger partial charge in [0.25, 0.3) is 0 Å². The van der Waals surface area contributed by atoms with Crippen LogP contribution in [-0.2, 0) is 33.0 Å². The standard InChI is InChI=1S/C18H22N2O4S2/c1-12-8-13(2)18(14(3)9-12)26(23,24)20-7-6-15-4-5-17(25(19,21)22)10-16(15)11-20/h4-5,8-10H,6-7,11H2,1-3H3,(H2,19,21,22). The largest absolute Gasteiger partial charge is 0.243 e. The quantitative estimate of drug-likeness (QED) is 0.861. The molecule has 2 aromatic carbocycles. The Morgan fingerprint density at radius 3 is 2.12 bits per heavy atom. The summed E-state index contributed by atoms with van der Waals surface area (Å²) in [7, 11) is -7.51. The van der Waals surface area contributed by atoms with E-state index in [0.717, 1.165) is 11.1 Å². The maximum absolute atomic E-state index is 13.2. The highest BCUT2D eigenvalue weighted by Gasteiger charge is 2.31. The van der Waals surface area contributed by atoms with Crippen LogP contribution in [0.1, 0.15) is 27.8 Å². The summed E-state index contributed by atoms with van der Waals surface area (Å²) in [6.07, 6.45) is 0.531. The smallest absolute Gasteiger partial charge is 0.225 e. The highest BCUT2D eigenvalue weighted by molar-refractivity contribution is 7.89. The third-order valence-corrected chi connectivity index (χ3v) is 7.75. The van der Waals surface area contributed by atoms with Gasteiger partial charge >= 0.3 is 0 Å². The summed E-state index contributed by atoms with van der Waals surface area (Å²) >= 11 is 0. The number of hydrogen-bond acceptors (Lipinski definition) is 4. The lowest BCUT2D eigenvalue weighted by atomic mass is 10.0. The van der Waals surface area contributed by atoms with Gasteiger partial charge in [0, 0.05) is 13.1 Å². The van der Waals surface area contributed by atoms with Gasteiger partial charge in [0.05, 0.1) is 9.79 Å². The van der Waals surface area contributed by atoms with Crippen molar-refractivity contribution in [2.45, 2.75) is 43.5 Å². The van der Waals surface area contributed by atoms with E-state index < -0.39 is 20.0 Å². The Balaban J connectivity index is 2.03. The number of primary sulfonamides is 1. The molecule has 0 saturated carbocycles. The summed E-state index contributed by atoms with van der Waals surface area (Å²) in [5.74, 6) is 0. The molecular formula is C18H22N2O4S2. The number of hydrogen-bond donors (Lipinski definition) is 1. The van der Waals surface area contributed by atoms with E-state index in [4.69, 9.17) is 5.14 Å². The maximum atomic E-state index is 13.2. The van der Waals surface area contributed by atoms with E-state index in [2.05, 4.69) is 0 Å². The number of sulfonamides is 2. The van der Waals surface area contributed by atoms with Gasteiger partial charge < -0.3 is 0 Å². The van der Waals surface area contributed by atoms with Crippen LogP contribution in [0.4, 0.5) is 0 Å². The van der Waals surface area contributed by atoms with Crippen LogP contribution < -0.4 is 5.14 Å². The number of rotatable bonds is 3. The van der Waals surface area contributed by atoms with Gasteiger partial charge in [-0.1, -0.05) is 23.8 Å². The lowest BCUT2D eigenvalue weighted by molar-refractivity contribution is 0.390. The molecular weight excluding hydrogens is 372 g/mol. The SMILES string of the molecule is Cc1cc(C)c(S(=O)(=O)N2CCc3ccc(S(N)(=O)=O)cc3C2)c(C)c1. The average Bonchev–Trinajstić information content (AvgIpc) is 2.51. The van der Waals surface area contributed by atoms with Crippen LogP contribution in [0.25, 0.3) is 0 Å². The van der Waals surface area contributed by atoms with Crippen LogP contribution in [0.2, 0.25) is 0 Å². The molecule has 1 heterocycles. The van der Waals surface area contributed by atoms with Gasteiger partial charge in [-0.25, -0.2) is 22.0 Å². The molecule has 0 spiro atoms. The van der Waals surface area contributed by atoms with E-state index in [-0.39, 0.29) is 11.4 Å². The van der Waals surface area contributed by atoms with Crippen molar-refractivity contribution in [3.63, 3.8) is 0 Å². The summed E-state index contributed by atoms with van der Waals surface area (Å²) in [5, 5.41) is 5.20. The normalized spacial score (nSPS) is 15.7. The third kappa shape index (κ3) is 3.42. The Morgan fingerprint density at radius 2 is 1.54 bits per heavy atom. The van der Waals surface area contributed by atoms with Crippen LogP contribution >= 0.6 is 0 Å². The lowest BCUT2D eigenvalue weighted by Crippen LogP contribution is -2.36. The molecule has 1 aliphatic heterocycles. The van der Waals surface area contributed by atoms with E-state index >= 15 is 0 Å². The van der Waals surface area contributed by atoms with Crippen molar-refractivity contribution in [1.29, 1.82) is 0 Å². The molecule has 0 radical (unpaired) electrons. The fraction of sp³-hybridized carbons (Fsp3) is 0.333. The first-order valence-electron chi connectivity index (χ1n) is 8.23. The topological polar surface area (TPSA) is 97.5 Å². The molecule has 2 aromatic rings. The molecule has 0 bridgehead atoms. The summed E-state index contributed by atoms with van der Waals surface area (Å²) in [6, 6.07) is 8.36. The average molecular weight is 395 g/mol. The minimum Gasteiger partial charge on any atom is -0.225 e. The third-order valence-electron chi connectivity index (χ3n) is 4.69. The molecule has 2 N–H and O–H groups in total. The van der Waals surface area contributed by atoms with Crippen molar-refractivity contribution in [3.8, 4) is 0 Å². The molecule has 26 heavy (non-hydrogen) atoms. The van der Waals surface area contributed by atoms with Crippen molar-refractivity contribution in [2.75, 3.05) is 6.54 Å². The molecule has 8 heteroatoms. The molecule has 0 fully saturated rings. The molecule has 0 atom stereocenters. The van der Waals surface area contributed by atoms with Crippen LogP contribution in [-0.4, -0.2) is 27.7 Å². The zero-order valence-corrected chi connectivity index (χ0v) is 16.6. The Morgan fingerprint density at radius 1 is 0.923 bits per heavy atom. The molecule has 1 aliphatic rings. The Bertz CT molecular complexity index is 1070. The first-order chi connectivity index (χ1) is 12.0. The molecule has 0 saturated heterocycles. The van der Waals surface area contributed by atoms with Gasteiger partial charge in [0.1, 0.15) is 0 Å². The number of aryl methyl sites for hydroxylation is 3. The predicted octanol–water partition coefficient (Wildman–Crippen LogP) is 2.01. The minimum absolute atomic E-state index is 0.00167. The van der Waals surface area contributed by atoms with Crippen molar-refractivity contribution < 1.29 is 16.8 Å². The predicted molar refractivity (Wildman–Crippen MR) is 99.8 cm³/mol. The van der Waals surface area contributed by atoms with Crippen molar-refractivity contribution in [1.82, 2.24) is 4.31 Å². The number of nitrogens with two attached hydrogens (primary N) is 1. The van der Waals surface area contributed by atoms with Crippen LogP contribution in [0.15, 0.2) is 40.1 Å². The van der Waals surface area contributed by atoms with Gasteiger partial charge in [-0.3, -0.25) is 0 Å². The van der Waals surface area contributed by atoms with Gasteiger partial charge in [-0.05, 0) is 61.6 Å². The number of fused-ring (bicyclic) bond motifs is 1. The zero-order valence-electron chi connectivity index (χ0n) is 15.0. The van der Waals surface area contributed by atoms with Gasteiger partial charge in [0.2, 0.25) is 20.0 Å². The number of benzene rings is 2. The first kappa shape index (κ1) is 19.0. The van der Waals surface area contributed by atoms with Crippen molar-refractivity contribution in [3.05, 3.63) is 58.1 Å². The van der Waals surface area contributed by atoms with Gasteiger partial charge in [0.15, 0.2) is 0 Å². The summed E-state index contributed by atoms with van der Waals surface area (Å²) in [6.45, 7) is 6.01. The second kappa shape index (κ2) is 6.45. The molecule has 0 amide bonds. The van der Waals surface area contributed by atoms with Crippen LogP contribution in [0.5, 0.6) is 0 Å². The fourth-order valence-electron chi connectivity index (χ4n) is 3.59. The molecule has 3 rings (SSSR count). The number of nitrogens with zero attached hydrogens (tertiary/aromatic N) is 1. The van der Waals surface area contributed by atoms with Crippen LogP contribution in [0, 0.1) is 20.8 Å². The second-order valence-corrected chi connectivity index (χ2v) is 10.2. The van der Waals surface area contributed by atoms with E-state index in [0.29, 0.717) is 34.6 Å². The second-order valence-electron chi connectivity index (χ2n) is 6.79. The van der Waals surface area contributed by atoms with E-state index in [1.54, 1.807) is 19.9 Å². The monoisotopic (exact) mass is 394 g/mol. The molecule has 140 valence electrons. The molecule has 6 nitrogen and oxygen atoms in total. The first-order valence-corrected chi connectivity index (χ1v) is 11.2. The summed E-state index contributed by atoms with van der Waals surface area (Å²) in [4.78, 5) is 0.326. The summed E-state index contributed by atoms with van der Waals surface area (Å²) < 4.78 is 51.0. The molecule has 0 aliphatic carbocycles. The van der Waals surface area contributed by atoms with E-state index in [9.17, 15) is 16.8 Å². The zero-order chi connectivity index (χ0) is 19.3. The van der Waals surface area contributed by atoms with Gasteiger partial charge in [-0.15, -0.1) is 0 Å². The van der Waals surface area contributed by atoms with Crippen molar-refractivity contribution >= 4 is 20.0 Å². The molecule has 0 unspecified atom stereocenters.